The number of anilines is 1. The molecule has 0 amide bonds. The number of hydrogen-bond acceptors (Lipinski definition) is 4. The first kappa shape index (κ1) is 9.96. The highest BCUT2D eigenvalue weighted by molar-refractivity contribution is 6.05. The van der Waals surface area contributed by atoms with Crippen LogP contribution >= 0.6 is 0 Å². The lowest BCUT2D eigenvalue weighted by Gasteiger charge is -2.10. The van der Waals surface area contributed by atoms with Crippen LogP contribution in [0.2, 0.25) is 0 Å². The van der Waals surface area contributed by atoms with Crippen LogP contribution in [0.5, 0.6) is 11.5 Å². The van der Waals surface area contributed by atoms with Crippen molar-refractivity contribution in [2.24, 2.45) is 0 Å². The molecule has 0 bridgehead atoms. The standard InChI is InChI=1S/C13H11NO3/c1-14-12-8(6-15)2-3-10-9(12)4-5-11-13(10)17-7-16-11/h2-6,14H,7H2,1H3. The van der Waals surface area contributed by atoms with Gasteiger partial charge < -0.3 is 14.8 Å². The van der Waals surface area contributed by atoms with Crippen molar-refractivity contribution < 1.29 is 14.3 Å². The molecule has 0 fully saturated rings. The Hall–Kier alpha value is -2.23. The SMILES string of the molecule is CNc1c(C=O)ccc2c3c(ccc12)OCO3. The molecule has 3 rings (SSSR count). The highest BCUT2D eigenvalue weighted by Crippen LogP contribution is 2.41. The van der Waals surface area contributed by atoms with Gasteiger partial charge in [0.1, 0.15) is 0 Å². The molecule has 0 unspecified atom stereocenters. The summed E-state index contributed by atoms with van der Waals surface area (Å²) in [5.74, 6) is 1.50. The monoisotopic (exact) mass is 229 g/mol. The van der Waals surface area contributed by atoms with Gasteiger partial charge in [0.05, 0.1) is 5.69 Å². The third-order valence-electron chi connectivity index (χ3n) is 2.94. The van der Waals surface area contributed by atoms with E-state index in [1.54, 1.807) is 13.1 Å². The minimum absolute atomic E-state index is 0.249. The average molecular weight is 229 g/mol. The fraction of sp³-hybridized carbons (Fsp3) is 0.154. The Labute approximate surface area is 98.1 Å². The number of ether oxygens (including phenoxy) is 2. The zero-order chi connectivity index (χ0) is 11.8. The van der Waals surface area contributed by atoms with Crippen LogP contribution in [0, 0.1) is 0 Å². The lowest BCUT2D eigenvalue weighted by molar-refractivity contribution is 0.112. The van der Waals surface area contributed by atoms with Crippen molar-refractivity contribution in [3.05, 3.63) is 29.8 Å². The summed E-state index contributed by atoms with van der Waals surface area (Å²) in [6.07, 6.45) is 0.843. The minimum atomic E-state index is 0.249. The van der Waals surface area contributed by atoms with Crippen LogP contribution in [0.1, 0.15) is 10.4 Å². The van der Waals surface area contributed by atoms with Gasteiger partial charge in [-0.3, -0.25) is 4.79 Å². The van der Waals surface area contributed by atoms with Gasteiger partial charge in [0.25, 0.3) is 0 Å². The van der Waals surface area contributed by atoms with Gasteiger partial charge in [-0.2, -0.15) is 0 Å². The highest BCUT2D eigenvalue weighted by atomic mass is 16.7. The van der Waals surface area contributed by atoms with Crippen molar-refractivity contribution in [3.63, 3.8) is 0 Å². The van der Waals surface area contributed by atoms with Gasteiger partial charge in [-0.1, -0.05) is 0 Å². The molecule has 0 saturated carbocycles. The second-order valence-electron chi connectivity index (χ2n) is 3.79. The lowest BCUT2D eigenvalue weighted by atomic mass is 10.0. The van der Waals surface area contributed by atoms with Crippen molar-refractivity contribution in [2.45, 2.75) is 0 Å². The van der Waals surface area contributed by atoms with E-state index in [1.165, 1.54) is 0 Å². The molecule has 1 aliphatic rings. The normalized spacial score (nSPS) is 12.8. The number of benzene rings is 2. The molecule has 0 atom stereocenters. The highest BCUT2D eigenvalue weighted by Gasteiger charge is 2.18. The fourth-order valence-electron chi connectivity index (χ4n) is 2.17. The van der Waals surface area contributed by atoms with E-state index in [2.05, 4.69) is 5.32 Å². The van der Waals surface area contributed by atoms with Crippen molar-refractivity contribution in [1.82, 2.24) is 0 Å². The minimum Gasteiger partial charge on any atom is -0.454 e. The molecule has 0 aromatic heterocycles. The van der Waals surface area contributed by atoms with E-state index in [1.807, 2.05) is 18.2 Å². The van der Waals surface area contributed by atoms with Crippen LogP contribution in [-0.2, 0) is 0 Å². The van der Waals surface area contributed by atoms with E-state index in [0.717, 1.165) is 34.2 Å². The summed E-state index contributed by atoms with van der Waals surface area (Å²) in [6, 6.07) is 7.46. The number of hydrogen-bond donors (Lipinski definition) is 1. The van der Waals surface area contributed by atoms with Crippen molar-refractivity contribution in [1.29, 1.82) is 0 Å². The van der Waals surface area contributed by atoms with Crippen LogP contribution in [-0.4, -0.2) is 20.1 Å². The Bertz CT molecular complexity index is 607. The summed E-state index contributed by atoms with van der Waals surface area (Å²) >= 11 is 0. The Morgan fingerprint density at radius 1 is 1.18 bits per heavy atom. The first-order chi connectivity index (χ1) is 8.35. The topological polar surface area (TPSA) is 47.6 Å². The largest absolute Gasteiger partial charge is 0.454 e. The quantitative estimate of drug-likeness (QED) is 0.803. The zero-order valence-corrected chi connectivity index (χ0v) is 9.32. The summed E-state index contributed by atoms with van der Waals surface area (Å²) in [5.41, 5.74) is 1.45. The number of aldehydes is 1. The predicted octanol–water partition coefficient (Wildman–Crippen LogP) is 2.42. The molecule has 2 aromatic rings. The second kappa shape index (κ2) is 3.66. The maximum atomic E-state index is 11.0. The maximum absolute atomic E-state index is 11.0. The zero-order valence-electron chi connectivity index (χ0n) is 9.32. The van der Waals surface area contributed by atoms with Gasteiger partial charge in [0.15, 0.2) is 17.8 Å². The van der Waals surface area contributed by atoms with E-state index in [9.17, 15) is 4.79 Å². The van der Waals surface area contributed by atoms with Crippen LogP contribution in [0.25, 0.3) is 10.8 Å². The predicted molar refractivity (Wildman–Crippen MR) is 65.0 cm³/mol. The average Bonchev–Trinajstić information content (AvgIpc) is 2.85. The molecular formula is C13H11NO3. The summed E-state index contributed by atoms with van der Waals surface area (Å²) in [7, 11) is 1.80. The number of rotatable bonds is 2. The number of fused-ring (bicyclic) bond motifs is 3. The smallest absolute Gasteiger partial charge is 0.231 e. The maximum Gasteiger partial charge on any atom is 0.231 e. The Kier molecular flexibility index (Phi) is 2.14. The van der Waals surface area contributed by atoms with E-state index in [4.69, 9.17) is 9.47 Å². The summed E-state index contributed by atoms with van der Waals surface area (Å²) in [6.45, 7) is 0.249. The number of nitrogens with one attached hydrogen (secondary N) is 1. The molecular weight excluding hydrogens is 218 g/mol. The molecule has 17 heavy (non-hydrogen) atoms. The van der Waals surface area contributed by atoms with E-state index in [0.29, 0.717) is 5.56 Å². The Morgan fingerprint density at radius 2 is 2.00 bits per heavy atom. The van der Waals surface area contributed by atoms with E-state index >= 15 is 0 Å². The molecule has 4 heteroatoms. The third-order valence-corrected chi connectivity index (χ3v) is 2.94. The first-order valence-corrected chi connectivity index (χ1v) is 5.33. The molecule has 1 aliphatic heterocycles. The lowest BCUT2D eigenvalue weighted by Crippen LogP contribution is -1.96. The van der Waals surface area contributed by atoms with Crippen LogP contribution in [0.15, 0.2) is 24.3 Å². The van der Waals surface area contributed by atoms with Crippen LogP contribution in [0.4, 0.5) is 5.69 Å². The number of carbonyl (C=O) groups excluding carboxylic acids is 1. The first-order valence-electron chi connectivity index (χ1n) is 5.33. The van der Waals surface area contributed by atoms with E-state index < -0.39 is 0 Å². The van der Waals surface area contributed by atoms with Gasteiger partial charge in [0, 0.05) is 23.4 Å². The van der Waals surface area contributed by atoms with Gasteiger partial charge in [-0.25, -0.2) is 0 Å². The molecule has 0 aliphatic carbocycles. The van der Waals surface area contributed by atoms with Gasteiger partial charge in [0.2, 0.25) is 6.79 Å². The number of carbonyl (C=O) groups is 1. The third kappa shape index (κ3) is 1.34. The fourth-order valence-corrected chi connectivity index (χ4v) is 2.17. The Morgan fingerprint density at radius 3 is 2.76 bits per heavy atom. The molecule has 1 N–H and O–H groups in total. The van der Waals surface area contributed by atoms with Gasteiger partial charge in [-0.15, -0.1) is 0 Å². The van der Waals surface area contributed by atoms with Crippen LogP contribution in [0.3, 0.4) is 0 Å². The molecule has 2 aromatic carbocycles. The molecule has 0 radical (unpaired) electrons. The molecule has 0 saturated heterocycles. The van der Waals surface area contributed by atoms with Crippen LogP contribution < -0.4 is 14.8 Å². The molecule has 0 spiro atoms. The summed E-state index contributed by atoms with van der Waals surface area (Å²) < 4.78 is 10.8. The summed E-state index contributed by atoms with van der Waals surface area (Å²) in [5, 5.41) is 4.97. The second-order valence-corrected chi connectivity index (χ2v) is 3.79. The van der Waals surface area contributed by atoms with Gasteiger partial charge in [-0.05, 0) is 24.3 Å². The molecule has 86 valence electrons. The van der Waals surface area contributed by atoms with Crippen molar-refractivity contribution in [2.75, 3.05) is 19.2 Å². The Balaban J connectivity index is 2.38. The molecule has 4 nitrogen and oxygen atoms in total. The van der Waals surface area contributed by atoms with E-state index in [-0.39, 0.29) is 6.79 Å². The van der Waals surface area contributed by atoms with Crippen molar-refractivity contribution in [3.8, 4) is 11.5 Å². The van der Waals surface area contributed by atoms with Gasteiger partial charge >= 0.3 is 0 Å². The molecule has 1 heterocycles. The summed E-state index contributed by atoms with van der Waals surface area (Å²) in [4.78, 5) is 11.0. The van der Waals surface area contributed by atoms with Crippen molar-refractivity contribution >= 4 is 22.7 Å².